The fourth-order valence-corrected chi connectivity index (χ4v) is 2.68. The summed E-state index contributed by atoms with van der Waals surface area (Å²) in [4.78, 5) is 0. The van der Waals surface area contributed by atoms with Gasteiger partial charge >= 0.3 is 0 Å². The van der Waals surface area contributed by atoms with Crippen LogP contribution in [0.5, 0.6) is 0 Å². The Morgan fingerprint density at radius 2 is 1.57 bits per heavy atom. The van der Waals surface area contributed by atoms with E-state index in [1.54, 1.807) is 0 Å². The van der Waals surface area contributed by atoms with Crippen LogP contribution in [-0.2, 0) is 5.41 Å². The van der Waals surface area contributed by atoms with Crippen LogP contribution in [0.25, 0.3) is 0 Å². The zero-order valence-corrected chi connectivity index (χ0v) is 8.72. The molecule has 0 saturated heterocycles. The summed E-state index contributed by atoms with van der Waals surface area (Å²) in [5.41, 5.74) is 9.69. The Labute approximate surface area is 85.3 Å². The van der Waals surface area contributed by atoms with Gasteiger partial charge in [-0.05, 0) is 38.2 Å². The molecule has 0 spiro atoms. The largest absolute Gasteiger partial charge is 0.324 e. The van der Waals surface area contributed by atoms with E-state index in [0.29, 0.717) is 5.41 Å². The molecule has 0 unspecified atom stereocenters. The number of hydrogen-bond donors (Lipinski definition) is 1. The zero-order chi connectivity index (χ0) is 9.81. The lowest BCUT2D eigenvalue weighted by Gasteiger charge is -2.23. The summed E-state index contributed by atoms with van der Waals surface area (Å²) in [5, 5.41) is 0. The molecule has 1 aromatic rings. The minimum absolute atomic E-state index is 0.155. The third-order valence-corrected chi connectivity index (χ3v) is 4.10. The fraction of sp³-hybridized carbons (Fsp3) is 0.538. The van der Waals surface area contributed by atoms with Crippen molar-refractivity contribution in [2.75, 3.05) is 0 Å². The second kappa shape index (κ2) is 2.40. The summed E-state index contributed by atoms with van der Waals surface area (Å²) >= 11 is 0. The van der Waals surface area contributed by atoms with Crippen molar-refractivity contribution in [2.45, 2.75) is 43.6 Å². The van der Waals surface area contributed by atoms with E-state index in [4.69, 9.17) is 5.73 Å². The summed E-state index contributed by atoms with van der Waals surface area (Å²) in [6.07, 6.45) is 5.04. The van der Waals surface area contributed by atoms with Crippen LogP contribution < -0.4 is 5.73 Å². The molecule has 1 nitrogen and oxygen atoms in total. The minimum atomic E-state index is 0.155. The maximum absolute atomic E-state index is 6.36. The van der Waals surface area contributed by atoms with Crippen LogP contribution in [0, 0.1) is 6.92 Å². The first-order valence-electron chi connectivity index (χ1n) is 5.52. The fourth-order valence-electron chi connectivity index (χ4n) is 2.68. The number of hydrogen-bond acceptors (Lipinski definition) is 1. The maximum Gasteiger partial charge on any atom is 0.0253 e. The predicted octanol–water partition coefficient (Wildman–Crippen LogP) is 2.52. The van der Waals surface area contributed by atoms with E-state index < -0.39 is 0 Å². The lowest BCUT2D eigenvalue weighted by molar-refractivity contribution is 0.503. The van der Waals surface area contributed by atoms with Crippen molar-refractivity contribution in [1.82, 2.24) is 0 Å². The molecule has 0 atom stereocenters. The van der Waals surface area contributed by atoms with Crippen LogP contribution in [0.15, 0.2) is 24.3 Å². The standard InChI is InChI=1S/C13H17N/c1-10-2-4-11(5-3-10)12(6-7-12)13(14)8-9-13/h2-5H,6-9,14H2,1H3. The highest BCUT2D eigenvalue weighted by molar-refractivity contribution is 5.41. The lowest BCUT2D eigenvalue weighted by Crippen LogP contribution is -2.37. The number of aryl methyl sites for hydroxylation is 1. The zero-order valence-electron chi connectivity index (χ0n) is 8.72. The summed E-state index contributed by atoms with van der Waals surface area (Å²) in [6.45, 7) is 2.14. The highest BCUT2D eigenvalue weighted by Crippen LogP contribution is 2.63. The van der Waals surface area contributed by atoms with E-state index in [1.165, 1.54) is 36.8 Å². The second-order valence-electron chi connectivity index (χ2n) is 5.10. The van der Waals surface area contributed by atoms with Crippen LogP contribution in [0.2, 0.25) is 0 Å². The van der Waals surface area contributed by atoms with E-state index in [1.807, 2.05) is 0 Å². The van der Waals surface area contributed by atoms with Crippen LogP contribution >= 0.6 is 0 Å². The molecule has 0 radical (unpaired) electrons. The van der Waals surface area contributed by atoms with Crippen molar-refractivity contribution >= 4 is 0 Å². The first kappa shape index (κ1) is 8.49. The molecule has 0 bridgehead atoms. The molecule has 2 fully saturated rings. The molecule has 2 saturated carbocycles. The van der Waals surface area contributed by atoms with Gasteiger partial charge in [-0.2, -0.15) is 0 Å². The van der Waals surface area contributed by atoms with Gasteiger partial charge in [0.25, 0.3) is 0 Å². The lowest BCUT2D eigenvalue weighted by atomic mass is 9.86. The summed E-state index contributed by atoms with van der Waals surface area (Å²) in [7, 11) is 0. The molecule has 1 heteroatoms. The Morgan fingerprint density at radius 1 is 1.00 bits per heavy atom. The van der Waals surface area contributed by atoms with Gasteiger partial charge < -0.3 is 5.73 Å². The van der Waals surface area contributed by atoms with Gasteiger partial charge in [-0.15, -0.1) is 0 Å². The summed E-state index contributed by atoms with van der Waals surface area (Å²) in [6, 6.07) is 8.97. The van der Waals surface area contributed by atoms with Crippen molar-refractivity contribution in [1.29, 1.82) is 0 Å². The molecule has 2 N–H and O–H groups in total. The van der Waals surface area contributed by atoms with Gasteiger partial charge in [0.1, 0.15) is 0 Å². The Kier molecular flexibility index (Phi) is 1.46. The molecule has 1 aromatic carbocycles. The monoisotopic (exact) mass is 187 g/mol. The van der Waals surface area contributed by atoms with Gasteiger partial charge in [0.15, 0.2) is 0 Å². The average Bonchev–Trinajstić information content (AvgIpc) is 3.01. The number of benzene rings is 1. The Hall–Kier alpha value is -0.820. The molecule has 0 aliphatic heterocycles. The molecular formula is C13H17N. The van der Waals surface area contributed by atoms with Gasteiger partial charge in [-0.3, -0.25) is 0 Å². The Balaban J connectivity index is 1.99. The van der Waals surface area contributed by atoms with Crippen molar-refractivity contribution < 1.29 is 0 Å². The van der Waals surface area contributed by atoms with Gasteiger partial charge in [0.2, 0.25) is 0 Å². The SMILES string of the molecule is Cc1ccc(C2(C3(N)CC3)CC2)cc1. The van der Waals surface area contributed by atoms with Gasteiger partial charge in [-0.25, -0.2) is 0 Å². The third kappa shape index (κ3) is 0.992. The normalized spacial score (nSPS) is 25.9. The van der Waals surface area contributed by atoms with Crippen molar-refractivity contribution in [2.24, 2.45) is 5.73 Å². The van der Waals surface area contributed by atoms with Crippen molar-refractivity contribution in [3.8, 4) is 0 Å². The topological polar surface area (TPSA) is 26.0 Å². The minimum Gasteiger partial charge on any atom is -0.324 e. The Morgan fingerprint density at radius 3 is 2.00 bits per heavy atom. The van der Waals surface area contributed by atoms with Gasteiger partial charge in [-0.1, -0.05) is 29.8 Å². The maximum atomic E-state index is 6.36. The predicted molar refractivity (Wildman–Crippen MR) is 58.2 cm³/mol. The molecule has 0 amide bonds. The van der Waals surface area contributed by atoms with E-state index in [2.05, 4.69) is 31.2 Å². The van der Waals surface area contributed by atoms with Crippen LogP contribution in [-0.4, -0.2) is 5.54 Å². The Bertz CT molecular complexity index is 355. The highest BCUT2D eigenvalue weighted by atomic mass is 14.9. The molecule has 0 aromatic heterocycles. The number of rotatable bonds is 2. The smallest absolute Gasteiger partial charge is 0.0253 e. The quantitative estimate of drug-likeness (QED) is 0.756. The summed E-state index contributed by atoms with van der Waals surface area (Å²) in [5.74, 6) is 0. The summed E-state index contributed by atoms with van der Waals surface area (Å²) < 4.78 is 0. The van der Waals surface area contributed by atoms with Gasteiger partial charge in [0.05, 0.1) is 0 Å². The highest BCUT2D eigenvalue weighted by Gasteiger charge is 2.63. The van der Waals surface area contributed by atoms with Crippen molar-refractivity contribution in [3.63, 3.8) is 0 Å². The third-order valence-electron chi connectivity index (χ3n) is 4.10. The van der Waals surface area contributed by atoms with E-state index in [0.717, 1.165) is 0 Å². The van der Waals surface area contributed by atoms with E-state index in [9.17, 15) is 0 Å². The first-order valence-corrected chi connectivity index (χ1v) is 5.52. The van der Waals surface area contributed by atoms with E-state index in [-0.39, 0.29) is 5.54 Å². The van der Waals surface area contributed by atoms with Crippen molar-refractivity contribution in [3.05, 3.63) is 35.4 Å². The number of nitrogens with two attached hydrogens (primary N) is 1. The van der Waals surface area contributed by atoms with Crippen LogP contribution in [0.4, 0.5) is 0 Å². The molecule has 74 valence electrons. The van der Waals surface area contributed by atoms with Crippen LogP contribution in [0.3, 0.4) is 0 Å². The second-order valence-corrected chi connectivity index (χ2v) is 5.10. The van der Waals surface area contributed by atoms with Gasteiger partial charge in [0, 0.05) is 11.0 Å². The first-order chi connectivity index (χ1) is 6.66. The van der Waals surface area contributed by atoms with Crippen LogP contribution in [0.1, 0.15) is 36.8 Å². The van der Waals surface area contributed by atoms with E-state index >= 15 is 0 Å². The average molecular weight is 187 g/mol. The molecule has 0 heterocycles. The molecule has 14 heavy (non-hydrogen) atoms. The molecular weight excluding hydrogens is 170 g/mol. The molecule has 2 aliphatic rings. The molecule has 2 aliphatic carbocycles. The molecule has 3 rings (SSSR count).